The zero-order valence-corrected chi connectivity index (χ0v) is 13.2. The third-order valence-electron chi connectivity index (χ3n) is 3.58. The molecule has 0 fully saturated rings. The fourth-order valence-electron chi connectivity index (χ4n) is 2.29. The van der Waals surface area contributed by atoms with Gasteiger partial charge in [-0.25, -0.2) is 4.39 Å². The molecular weight excluding hydrogens is 329 g/mol. The first kappa shape index (κ1) is 17.9. The molecule has 0 aliphatic carbocycles. The molecule has 1 unspecified atom stereocenters. The van der Waals surface area contributed by atoms with Crippen molar-refractivity contribution in [3.63, 3.8) is 0 Å². The van der Waals surface area contributed by atoms with Gasteiger partial charge in [0.15, 0.2) is 0 Å². The number of anilines is 1. The average molecular weight is 343 g/mol. The normalized spacial score (nSPS) is 11.2. The number of nitriles is 1. The Labute approximate surface area is 142 Å². The first-order valence-corrected chi connectivity index (χ1v) is 7.22. The van der Waals surface area contributed by atoms with Crippen LogP contribution in [0.3, 0.4) is 0 Å². The van der Waals surface area contributed by atoms with Gasteiger partial charge >= 0.3 is 5.97 Å². The van der Waals surface area contributed by atoms with Crippen molar-refractivity contribution < 1.29 is 18.8 Å². The number of hydrogen-bond acceptors (Lipinski definition) is 6. The lowest BCUT2D eigenvalue weighted by atomic mass is 9.99. The molecule has 128 valence electrons. The van der Waals surface area contributed by atoms with Crippen molar-refractivity contribution in [1.29, 1.82) is 5.26 Å². The monoisotopic (exact) mass is 343 g/mol. The van der Waals surface area contributed by atoms with Crippen LogP contribution in [0.15, 0.2) is 42.5 Å². The van der Waals surface area contributed by atoms with E-state index >= 15 is 0 Å². The molecule has 25 heavy (non-hydrogen) atoms. The molecule has 1 N–H and O–H groups in total. The topological polar surface area (TPSA) is 105 Å². The Bertz CT molecular complexity index is 831. The minimum absolute atomic E-state index is 0.0198. The minimum Gasteiger partial charge on any atom is -0.468 e. The van der Waals surface area contributed by atoms with Crippen molar-refractivity contribution in [3.05, 3.63) is 69.5 Å². The molecular formula is C17H14FN3O4. The number of halogens is 1. The van der Waals surface area contributed by atoms with Crippen LogP contribution in [-0.4, -0.2) is 24.5 Å². The van der Waals surface area contributed by atoms with Crippen LogP contribution in [-0.2, 0) is 9.53 Å². The number of nitro groups is 1. The van der Waals surface area contributed by atoms with Crippen LogP contribution in [0.4, 0.5) is 15.8 Å². The summed E-state index contributed by atoms with van der Waals surface area (Å²) in [5, 5.41) is 22.9. The molecule has 2 rings (SSSR count). The third-order valence-corrected chi connectivity index (χ3v) is 3.58. The number of methoxy groups -OCH3 is 1. The van der Waals surface area contributed by atoms with E-state index in [-0.39, 0.29) is 23.5 Å². The predicted octanol–water partition coefficient (Wildman–Crippen LogP) is 2.97. The summed E-state index contributed by atoms with van der Waals surface area (Å²) in [5.41, 5.74) is 0.631. The van der Waals surface area contributed by atoms with Crippen molar-refractivity contribution in [1.82, 2.24) is 0 Å². The van der Waals surface area contributed by atoms with Crippen LogP contribution in [0.25, 0.3) is 0 Å². The zero-order valence-electron chi connectivity index (χ0n) is 13.2. The number of nitrogens with zero attached hydrogens (tertiary/aromatic N) is 2. The van der Waals surface area contributed by atoms with Gasteiger partial charge in [-0.1, -0.05) is 12.1 Å². The van der Waals surface area contributed by atoms with Crippen molar-refractivity contribution in [2.24, 2.45) is 0 Å². The fraction of sp³-hybridized carbons (Fsp3) is 0.176. The van der Waals surface area contributed by atoms with E-state index in [4.69, 9.17) is 10.00 Å². The summed E-state index contributed by atoms with van der Waals surface area (Å²) in [6.45, 7) is -0.0198. The van der Waals surface area contributed by atoms with E-state index in [1.165, 1.54) is 49.6 Å². The molecule has 0 saturated carbocycles. The standard InChI is InChI=1S/C17H14FN3O4/c1-25-17(22)14(12-3-5-13(18)6-4-12)10-20-15-8-11(9-19)2-7-16(15)21(23)24/h2-8,14,20H,10H2,1H3. The van der Waals surface area contributed by atoms with E-state index in [0.29, 0.717) is 5.56 Å². The SMILES string of the molecule is COC(=O)C(CNc1cc(C#N)ccc1[N+](=O)[O-])c1ccc(F)cc1. The van der Waals surface area contributed by atoms with E-state index < -0.39 is 22.6 Å². The number of hydrogen-bond donors (Lipinski definition) is 1. The maximum atomic E-state index is 13.1. The molecule has 0 amide bonds. The molecule has 7 nitrogen and oxygen atoms in total. The van der Waals surface area contributed by atoms with Gasteiger partial charge in [-0.3, -0.25) is 14.9 Å². The Morgan fingerprint density at radius 2 is 2.04 bits per heavy atom. The molecule has 8 heteroatoms. The molecule has 0 bridgehead atoms. The summed E-state index contributed by atoms with van der Waals surface area (Å²) >= 11 is 0. The highest BCUT2D eigenvalue weighted by molar-refractivity contribution is 5.79. The van der Waals surface area contributed by atoms with E-state index in [2.05, 4.69) is 5.32 Å². The van der Waals surface area contributed by atoms with E-state index in [1.54, 1.807) is 0 Å². The number of carbonyl (C=O) groups excluding carboxylic acids is 1. The third kappa shape index (κ3) is 4.29. The molecule has 0 aromatic heterocycles. The average Bonchev–Trinajstić information content (AvgIpc) is 2.62. The quantitative estimate of drug-likeness (QED) is 0.491. The Hall–Kier alpha value is -3.47. The van der Waals surface area contributed by atoms with Crippen LogP contribution in [0.5, 0.6) is 0 Å². The Morgan fingerprint density at radius 3 is 2.60 bits per heavy atom. The lowest BCUT2D eigenvalue weighted by molar-refractivity contribution is -0.384. The molecule has 0 spiro atoms. The predicted molar refractivity (Wildman–Crippen MR) is 87.5 cm³/mol. The molecule has 0 heterocycles. The van der Waals surface area contributed by atoms with E-state index in [1.807, 2.05) is 6.07 Å². The highest BCUT2D eigenvalue weighted by atomic mass is 19.1. The van der Waals surface area contributed by atoms with Gasteiger partial charge in [0, 0.05) is 12.6 Å². The molecule has 0 saturated heterocycles. The number of benzene rings is 2. The number of carbonyl (C=O) groups is 1. The maximum absolute atomic E-state index is 13.1. The second kappa shape index (κ2) is 7.88. The van der Waals surface area contributed by atoms with Crippen LogP contribution >= 0.6 is 0 Å². The van der Waals surface area contributed by atoms with Crippen LogP contribution in [0, 0.1) is 27.3 Å². The molecule has 0 radical (unpaired) electrons. The van der Waals surface area contributed by atoms with Gasteiger partial charge in [0.1, 0.15) is 11.5 Å². The highest BCUT2D eigenvalue weighted by Gasteiger charge is 2.23. The number of nitro benzene ring substituents is 1. The van der Waals surface area contributed by atoms with Crippen molar-refractivity contribution in [2.75, 3.05) is 19.0 Å². The Balaban J connectivity index is 2.29. The van der Waals surface area contributed by atoms with Gasteiger partial charge in [-0.2, -0.15) is 5.26 Å². The minimum atomic E-state index is -0.795. The second-order valence-electron chi connectivity index (χ2n) is 5.11. The first-order valence-electron chi connectivity index (χ1n) is 7.22. The van der Waals surface area contributed by atoms with Gasteiger partial charge in [-0.05, 0) is 29.8 Å². The maximum Gasteiger partial charge on any atom is 0.314 e. The molecule has 0 aliphatic heterocycles. The molecule has 2 aromatic carbocycles. The first-order chi connectivity index (χ1) is 12.0. The zero-order chi connectivity index (χ0) is 18.4. The summed E-state index contributed by atoms with van der Waals surface area (Å²) in [7, 11) is 1.22. The van der Waals surface area contributed by atoms with Crippen molar-refractivity contribution in [2.45, 2.75) is 5.92 Å². The van der Waals surface area contributed by atoms with Gasteiger partial charge < -0.3 is 10.1 Å². The van der Waals surface area contributed by atoms with E-state index in [0.717, 1.165) is 0 Å². The molecule has 2 aromatic rings. The summed E-state index contributed by atoms with van der Waals surface area (Å²) < 4.78 is 17.8. The molecule has 1 atom stereocenters. The lowest BCUT2D eigenvalue weighted by Gasteiger charge is -2.16. The van der Waals surface area contributed by atoms with Crippen molar-refractivity contribution in [3.8, 4) is 6.07 Å². The second-order valence-corrected chi connectivity index (χ2v) is 5.11. The number of esters is 1. The van der Waals surface area contributed by atoms with Gasteiger partial charge in [0.05, 0.1) is 29.6 Å². The fourth-order valence-corrected chi connectivity index (χ4v) is 2.29. The highest BCUT2D eigenvalue weighted by Crippen LogP contribution is 2.27. The lowest BCUT2D eigenvalue weighted by Crippen LogP contribution is -2.23. The van der Waals surface area contributed by atoms with Gasteiger partial charge in [0.2, 0.25) is 0 Å². The number of nitrogens with one attached hydrogen (secondary N) is 1. The van der Waals surface area contributed by atoms with E-state index in [9.17, 15) is 19.3 Å². The molecule has 0 aliphatic rings. The van der Waals surface area contributed by atoms with Crippen LogP contribution < -0.4 is 5.32 Å². The van der Waals surface area contributed by atoms with Crippen molar-refractivity contribution >= 4 is 17.3 Å². The summed E-state index contributed by atoms with van der Waals surface area (Å²) in [5.74, 6) is -1.81. The Kier molecular flexibility index (Phi) is 5.63. The van der Waals surface area contributed by atoms with Gasteiger partial charge in [-0.15, -0.1) is 0 Å². The van der Waals surface area contributed by atoms with Crippen LogP contribution in [0.1, 0.15) is 17.0 Å². The summed E-state index contributed by atoms with van der Waals surface area (Å²) in [6, 6.07) is 11.1. The summed E-state index contributed by atoms with van der Waals surface area (Å²) in [6.07, 6.45) is 0. The van der Waals surface area contributed by atoms with Gasteiger partial charge in [0.25, 0.3) is 5.69 Å². The number of ether oxygens (including phenoxy) is 1. The van der Waals surface area contributed by atoms with Crippen LogP contribution in [0.2, 0.25) is 0 Å². The number of rotatable bonds is 6. The smallest absolute Gasteiger partial charge is 0.314 e. The largest absolute Gasteiger partial charge is 0.468 e. The Morgan fingerprint density at radius 1 is 1.36 bits per heavy atom. The summed E-state index contributed by atoms with van der Waals surface area (Å²) in [4.78, 5) is 22.5.